The Morgan fingerprint density at radius 2 is 2.67 bits per heavy atom. The molecule has 0 fully saturated rings. The highest BCUT2D eigenvalue weighted by Crippen LogP contribution is 2.12. The number of aromatic amines is 1. The maximum absolute atomic E-state index is 5.35. The first-order chi connectivity index (χ1) is 5.95. The Morgan fingerprint density at radius 1 is 1.67 bits per heavy atom. The van der Waals surface area contributed by atoms with Gasteiger partial charge in [0.1, 0.15) is 6.61 Å². The number of nitrogens with zero attached hydrogens (tertiary/aromatic N) is 1. The molecule has 2 heterocycles. The van der Waals surface area contributed by atoms with E-state index in [4.69, 9.17) is 4.74 Å². The molecule has 0 amide bonds. The van der Waals surface area contributed by atoms with Crippen LogP contribution in [0.2, 0.25) is 0 Å². The van der Waals surface area contributed by atoms with Gasteiger partial charge in [0.15, 0.2) is 11.9 Å². The Bertz CT molecular complexity index is 280. The van der Waals surface area contributed by atoms with Crippen LogP contribution in [0.25, 0.3) is 0 Å². The fourth-order valence-electron chi connectivity index (χ4n) is 0.828. The molecular formula is C8H7N2OS. The van der Waals surface area contributed by atoms with Gasteiger partial charge in [-0.2, -0.15) is 5.10 Å². The lowest BCUT2D eigenvalue weighted by Gasteiger charge is -1.98. The summed E-state index contributed by atoms with van der Waals surface area (Å²) in [4.78, 5) is 1.20. The third-order valence-electron chi connectivity index (χ3n) is 1.38. The molecule has 0 atom stereocenters. The van der Waals surface area contributed by atoms with Gasteiger partial charge in [0.2, 0.25) is 0 Å². The van der Waals surface area contributed by atoms with E-state index in [1.807, 2.05) is 17.5 Å². The SMILES string of the molecule is [c]1n[nH]cc1OCc1cccs1. The number of thiophene rings is 1. The Labute approximate surface area is 74.0 Å². The van der Waals surface area contributed by atoms with Crippen molar-refractivity contribution in [1.82, 2.24) is 10.2 Å². The third-order valence-corrected chi connectivity index (χ3v) is 2.23. The summed E-state index contributed by atoms with van der Waals surface area (Å²) in [6, 6.07) is 4.03. The van der Waals surface area contributed by atoms with E-state index in [1.54, 1.807) is 17.5 Å². The molecule has 0 saturated heterocycles. The van der Waals surface area contributed by atoms with E-state index in [2.05, 4.69) is 16.4 Å². The molecule has 0 aliphatic rings. The lowest BCUT2D eigenvalue weighted by atomic mass is 10.5. The summed E-state index contributed by atoms with van der Waals surface area (Å²) < 4.78 is 5.35. The molecule has 0 bridgehead atoms. The number of nitrogens with one attached hydrogen (secondary N) is 1. The largest absolute Gasteiger partial charge is 0.484 e. The molecule has 0 aliphatic heterocycles. The van der Waals surface area contributed by atoms with E-state index in [1.165, 1.54) is 4.88 Å². The van der Waals surface area contributed by atoms with Crippen molar-refractivity contribution in [2.45, 2.75) is 6.61 Å². The fraction of sp³-hybridized carbons (Fsp3) is 0.125. The lowest BCUT2D eigenvalue weighted by Crippen LogP contribution is -1.90. The topological polar surface area (TPSA) is 37.9 Å². The van der Waals surface area contributed by atoms with E-state index in [9.17, 15) is 0 Å². The number of H-pyrrole nitrogens is 1. The standard InChI is InChI=1S/C8H7N2OS/c1-2-8(12-3-1)6-11-7-4-9-10-5-7/h1-4H,6H2,(H,9,10). The average molecular weight is 179 g/mol. The monoisotopic (exact) mass is 179 g/mol. The van der Waals surface area contributed by atoms with Gasteiger partial charge in [-0.15, -0.1) is 11.3 Å². The second-order valence-electron chi connectivity index (χ2n) is 2.23. The molecule has 1 N–H and O–H groups in total. The minimum absolute atomic E-state index is 0.591. The van der Waals surface area contributed by atoms with Gasteiger partial charge in [0.25, 0.3) is 0 Å². The van der Waals surface area contributed by atoms with E-state index in [0.29, 0.717) is 12.4 Å². The predicted octanol–water partition coefficient (Wildman–Crippen LogP) is 1.85. The molecule has 0 aliphatic carbocycles. The smallest absolute Gasteiger partial charge is 0.167 e. The van der Waals surface area contributed by atoms with E-state index >= 15 is 0 Å². The maximum Gasteiger partial charge on any atom is 0.167 e. The zero-order valence-electron chi connectivity index (χ0n) is 6.28. The Kier molecular flexibility index (Phi) is 2.09. The highest BCUT2D eigenvalue weighted by molar-refractivity contribution is 7.09. The summed E-state index contributed by atoms with van der Waals surface area (Å²) in [5.41, 5.74) is 0. The van der Waals surface area contributed by atoms with Gasteiger partial charge in [-0.1, -0.05) is 6.07 Å². The molecule has 4 heteroatoms. The molecule has 2 rings (SSSR count). The van der Waals surface area contributed by atoms with Crippen LogP contribution in [0.3, 0.4) is 0 Å². The van der Waals surface area contributed by atoms with Gasteiger partial charge in [0.05, 0.1) is 6.20 Å². The van der Waals surface area contributed by atoms with Crippen LogP contribution in [0.5, 0.6) is 5.75 Å². The number of ether oxygens (including phenoxy) is 1. The Hall–Kier alpha value is -1.29. The minimum Gasteiger partial charge on any atom is -0.484 e. The average Bonchev–Trinajstić information content (AvgIpc) is 2.74. The zero-order chi connectivity index (χ0) is 8.23. The van der Waals surface area contributed by atoms with Crippen molar-refractivity contribution in [2.75, 3.05) is 0 Å². The molecule has 2 aromatic rings. The zero-order valence-corrected chi connectivity index (χ0v) is 7.10. The molecule has 0 spiro atoms. The lowest BCUT2D eigenvalue weighted by molar-refractivity contribution is 0.309. The number of rotatable bonds is 3. The Morgan fingerprint density at radius 3 is 3.33 bits per heavy atom. The summed E-state index contributed by atoms with van der Waals surface area (Å²) in [7, 11) is 0. The maximum atomic E-state index is 5.35. The van der Waals surface area contributed by atoms with Crippen molar-refractivity contribution in [3.8, 4) is 5.75 Å². The number of hydrogen-bond donors (Lipinski definition) is 1. The number of hydrogen-bond acceptors (Lipinski definition) is 3. The Balaban J connectivity index is 1.91. The summed E-state index contributed by atoms with van der Waals surface area (Å²) in [6.07, 6.45) is 4.35. The first-order valence-corrected chi connectivity index (χ1v) is 4.40. The molecule has 61 valence electrons. The van der Waals surface area contributed by atoms with Crippen LogP contribution in [0, 0.1) is 6.20 Å². The van der Waals surface area contributed by atoms with Crippen molar-refractivity contribution in [2.24, 2.45) is 0 Å². The summed E-state index contributed by atoms with van der Waals surface area (Å²) in [6.45, 7) is 0.591. The molecular weight excluding hydrogens is 172 g/mol. The highest BCUT2D eigenvalue weighted by atomic mass is 32.1. The van der Waals surface area contributed by atoms with E-state index < -0.39 is 0 Å². The van der Waals surface area contributed by atoms with Crippen LogP contribution < -0.4 is 4.74 Å². The summed E-state index contributed by atoms with van der Waals surface area (Å²) in [5.74, 6) is 0.656. The van der Waals surface area contributed by atoms with Crippen molar-refractivity contribution in [3.63, 3.8) is 0 Å². The van der Waals surface area contributed by atoms with Crippen LogP contribution in [-0.2, 0) is 6.61 Å². The van der Waals surface area contributed by atoms with Crippen LogP contribution in [-0.4, -0.2) is 10.2 Å². The quantitative estimate of drug-likeness (QED) is 0.780. The molecule has 1 radical (unpaired) electrons. The molecule has 2 aromatic heterocycles. The molecule has 0 aromatic carbocycles. The molecule has 0 saturated carbocycles. The van der Waals surface area contributed by atoms with Gasteiger partial charge in [0, 0.05) is 4.88 Å². The first-order valence-electron chi connectivity index (χ1n) is 3.52. The van der Waals surface area contributed by atoms with Gasteiger partial charge >= 0.3 is 0 Å². The minimum atomic E-state index is 0.591. The second kappa shape index (κ2) is 3.40. The van der Waals surface area contributed by atoms with E-state index in [0.717, 1.165) is 0 Å². The van der Waals surface area contributed by atoms with Gasteiger partial charge < -0.3 is 4.74 Å². The van der Waals surface area contributed by atoms with Crippen LogP contribution in [0.15, 0.2) is 23.7 Å². The van der Waals surface area contributed by atoms with E-state index in [-0.39, 0.29) is 0 Å². The van der Waals surface area contributed by atoms with Gasteiger partial charge in [-0.05, 0) is 11.4 Å². The van der Waals surface area contributed by atoms with Crippen molar-refractivity contribution in [1.29, 1.82) is 0 Å². The number of aromatic nitrogens is 2. The van der Waals surface area contributed by atoms with Crippen molar-refractivity contribution < 1.29 is 4.74 Å². The third kappa shape index (κ3) is 1.65. The molecule has 3 nitrogen and oxygen atoms in total. The second-order valence-corrected chi connectivity index (χ2v) is 3.26. The summed E-state index contributed by atoms with van der Waals surface area (Å²) in [5, 5.41) is 8.31. The van der Waals surface area contributed by atoms with Gasteiger partial charge in [-0.3, -0.25) is 5.10 Å². The predicted molar refractivity (Wildman–Crippen MR) is 46.1 cm³/mol. The molecule has 0 unspecified atom stereocenters. The highest BCUT2D eigenvalue weighted by Gasteiger charge is 1.96. The van der Waals surface area contributed by atoms with Crippen LogP contribution in [0.4, 0.5) is 0 Å². The van der Waals surface area contributed by atoms with Crippen LogP contribution >= 0.6 is 11.3 Å². The first kappa shape index (κ1) is 7.36. The fourth-order valence-corrected chi connectivity index (χ4v) is 1.44. The molecule has 12 heavy (non-hydrogen) atoms. The van der Waals surface area contributed by atoms with Crippen LogP contribution in [0.1, 0.15) is 4.88 Å². The normalized spacial score (nSPS) is 10.0. The van der Waals surface area contributed by atoms with Crippen molar-refractivity contribution in [3.05, 3.63) is 34.8 Å². The summed E-state index contributed by atoms with van der Waals surface area (Å²) >= 11 is 1.68. The van der Waals surface area contributed by atoms with Gasteiger partial charge in [-0.25, -0.2) is 0 Å². The van der Waals surface area contributed by atoms with Crippen molar-refractivity contribution >= 4 is 11.3 Å².